The highest BCUT2D eigenvalue weighted by Crippen LogP contribution is 2.16. The van der Waals surface area contributed by atoms with E-state index in [1.165, 1.54) is 30.5 Å². The number of benzene rings is 2. The molecule has 0 radical (unpaired) electrons. The molecule has 2 heterocycles. The molecule has 0 fully saturated rings. The van der Waals surface area contributed by atoms with Gasteiger partial charge in [0.2, 0.25) is 10.0 Å². The third-order valence-corrected chi connectivity index (χ3v) is 6.55. The predicted molar refractivity (Wildman–Crippen MR) is 121 cm³/mol. The molecule has 9 heteroatoms. The lowest BCUT2D eigenvalue weighted by atomic mass is 10.2. The van der Waals surface area contributed by atoms with Gasteiger partial charge >= 0.3 is 0 Å². The molecule has 0 aliphatic rings. The topological polar surface area (TPSA) is 106 Å². The number of nitrogens with one attached hydrogen (secondary N) is 2. The third-order valence-electron chi connectivity index (χ3n) is 5.13. The molecule has 0 aliphatic heterocycles. The van der Waals surface area contributed by atoms with E-state index in [1.54, 1.807) is 12.1 Å². The number of imidazole rings is 1. The molecule has 0 saturated heterocycles. The zero-order valence-electron chi connectivity index (χ0n) is 17.6. The fourth-order valence-electron chi connectivity index (χ4n) is 3.47. The van der Waals surface area contributed by atoms with Crippen molar-refractivity contribution in [2.24, 2.45) is 0 Å². The number of furan rings is 1. The van der Waals surface area contributed by atoms with Crippen molar-refractivity contribution in [1.82, 2.24) is 19.6 Å². The maximum absolute atomic E-state index is 12.4. The summed E-state index contributed by atoms with van der Waals surface area (Å²) in [6, 6.07) is 17.2. The van der Waals surface area contributed by atoms with Crippen LogP contribution >= 0.6 is 0 Å². The molecule has 2 aromatic heterocycles. The van der Waals surface area contributed by atoms with Crippen molar-refractivity contribution in [2.45, 2.75) is 31.3 Å². The van der Waals surface area contributed by atoms with Gasteiger partial charge in [0.05, 0.1) is 28.7 Å². The number of nitrogens with zero attached hydrogens (tertiary/aromatic N) is 2. The molecular weight excluding hydrogens is 428 g/mol. The maximum Gasteiger partial charge on any atom is 0.251 e. The van der Waals surface area contributed by atoms with Gasteiger partial charge in [-0.2, -0.15) is 0 Å². The Bertz CT molecular complexity index is 1310. The number of sulfonamides is 1. The van der Waals surface area contributed by atoms with Gasteiger partial charge < -0.3 is 14.3 Å². The second kappa shape index (κ2) is 9.37. The van der Waals surface area contributed by atoms with Crippen LogP contribution in [0.2, 0.25) is 0 Å². The molecule has 2 N–H and O–H groups in total. The Hall–Kier alpha value is -3.43. The van der Waals surface area contributed by atoms with Crippen LogP contribution in [0.5, 0.6) is 0 Å². The smallest absolute Gasteiger partial charge is 0.251 e. The molecule has 0 saturated carbocycles. The van der Waals surface area contributed by atoms with E-state index < -0.39 is 10.0 Å². The van der Waals surface area contributed by atoms with E-state index in [0.29, 0.717) is 17.9 Å². The Balaban J connectivity index is 1.29. The molecule has 4 aromatic rings. The van der Waals surface area contributed by atoms with Gasteiger partial charge in [-0.05, 0) is 61.9 Å². The first kappa shape index (κ1) is 21.8. The molecular formula is C23H24N4O4S. The second-order valence-electron chi connectivity index (χ2n) is 7.34. The van der Waals surface area contributed by atoms with Crippen molar-refractivity contribution in [3.63, 3.8) is 0 Å². The van der Waals surface area contributed by atoms with Crippen LogP contribution in [-0.2, 0) is 23.1 Å². The Morgan fingerprint density at radius 2 is 1.84 bits per heavy atom. The summed E-state index contributed by atoms with van der Waals surface area (Å²) in [6.07, 6.45) is 2.23. The Morgan fingerprint density at radius 1 is 1.06 bits per heavy atom. The highest BCUT2D eigenvalue weighted by molar-refractivity contribution is 7.89. The van der Waals surface area contributed by atoms with Crippen LogP contribution in [0, 0.1) is 6.92 Å². The summed E-state index contributed by atoms with van der Waals surface area (Å²) in [6.45, 7) is 3.27. The first-order valence-corrected chi connectivity index (χ1v) is 11.7. The van der Waals surface area contributed by atoms with E-state index in [0.717, 1.165) is 29.8 Å². The molecule has 0 spiro atoms. The van der Waals surface area contributed by atoms with Gasteiger partial charge in [-0.3, -0.25) is 4.79 Å². The average Bonchev–Trinajstić information content (AvgIpc) is 3.43. The van der Waals surface area contributed by atoms with Crippen molar-refractivity contribution >= 4 is 27.0 Å². The van der Waals surface area contributed by atoms with Crippen LogP contribution in [0.3, 0.4) is 0 Å². The van der Waals surface area contributed by atoms with Crippen LogP contribution < -0.4 is 10.0 Å². The van der Waals surface area contributed by atoms with Crippen LogP contribution in [0.4, 0.5) is 0 Å². The van der Waals surface area contributed by atoms with Crippen LogP contribution in [-0.4, -0.2) is 30.4 Å². The monoisotopic (exact) mass is 452 g/mol. The van der Waals surface area contributed by atoms with E-state index in [4.69, 9.17) is 4.42 Å². The van der Waals surface area contributed by atoms with E-state index >= 15 is 0 Å². The highest BCUT2D eigenvalue weighted by atomic mass is 32.2. The van der Waals surface area contributed by atoms with Gasteiger partial charge in [-0.1, -0.05) is 12.1 Å². The van der Waals surface area contributed by atoms with Gasteiger partial charge in [-0.15, -0.1) is 0 Å². The summed E-state index contributed by atoms with van der Waals surface area (Å²) >= 11 is 0. The summed E-state index contributed by atoms with van der Waals surface area (Å²) in [5.74, 6) is 1.21. The zero-order chi connectivity index (χ0) is 22.6. The summed E-state index contributed by atoms with van der Waals surface area (Å²) < 4.78 is 34.5. The predicted octanol–water partition coefficient (Wildman–Crippen LogP) is 3.24. The summed E-state index contributed by atoms with van der Waals surface area (Å²) in [5, 5.41) is 2.88. The van der Waals surface area contributed by atoms with Gasteiger partial charge in [-0.25, -0.2) is 18.1 Å². The van der Waals surface area contributed by atoms with Gasteiger partial charge in [0, 0.05) is 18.7 Å². The van der Waals surface area contributed by atoms with E-state index in [1.807, 2.05) is 31.2 Å². The molecule has 0 unspecified atom stereocenters. The van der Waals surface area contributed by atoms with Crippen molar-refractivity contribution in [3.8, 4) is 0 Å². The lowest BCUT2D eigenvalue weighted by Crippen LogP contribution is -2.26. The lowest BCUT2D eigenvalue weighted by Gasteiger charge is -2.09. The number of aryl methyl sites for hydroxylation is 2. The van der Waals surface area contributed by atoms with Crippen molar-refractivity contribution in [3.05, 3.63) is 84.1 Å². The fourth-order valence-corrected chi connectivity index (χ4v) is 4.46. The normalized spacial score (nSPS) is 11.7. The fraction of sp³-hybridized carbons (Fsp3) is 0.217. The van der Waals surface area contributed by atoms with Gasteiger partial charge in [0.25, 0.3) is 5.91 Å². The number of para-hydroxylation sites is 2. The van der Waals surface area contributed by atoms with Gasteiger partial charge in [0.1, 0.15) is 11.6 Å². The number of hydrogen-bond donors (Lipinski definition) is 2. The molecule has 0 bridgehead atoms. The lowest BCUT2D eigenvalue weighted by molar-refractivity contribution is 0.0952. The minimum atomic E-state index is -3.70. The summed E-state index contributed by atoms with van der Waals surface area (Å²) in [7, 11) is -3.70. The number of hydrogen-bond acceptors (Lipinski definition) is 5. The number of carbonyl (C=O) groups excluding carboxylic acids is 1. The Morgan fingerprint density at radius 3 is 2.59 bits per heavy atom. The first-order chi connectivity index (χ1) is 15.4. The molecule has 0 atom stereocenters. The zero-order valence-corrected chi connectivity index (χ0v) is 18.4. The van der Waals surface area contributed by atoms with E-state index in [9.17, 15) is 13.2 Å². The molecule has 0 aliphatic carbocycles. The minimum absolute atomic E-state index is 0.0588. The number of amides is 1. The van der Waals surface area contributed by atoms with E-state index in [-0.39, 0.29) is 17.3 Å². The Kier molecular flexibility index (Phi) is 6.38. The molecule has 8 nitrogen and oxygen atoms in total. The second-order valence-corrected chi connectivity index (χ2v) is 9.10. The SMILES string of the molecule is Cc1nc2ccccc2n1CCCNC(=O)c1ccc(S(=O)(=O)NCc2ccco2)cc1. The largest absolute Gasteiger partial charge is 0.468 e. The first-order valence-electron chi connectivity index (χ1n) is 10.3. The number of carbonyl (C=O) groups is 1. The average molecular weight is 453 g/mol. The minimum Gasteiger partial charge on any atom is -0.468 e. The molecule has 4 rings (SSSR count). The maximum atomic E-state index is 12.4. The highest BCUT2D eigenvalue weighted by Gasteiger charge is 2.15. The summed E-state index contributed by atoms with van der Waals surface area (Å²) in [4.78, 5) is 17.1. The number of rotatable bonds is 9. The van der Waals surface area contributed by atoms with Crippen molar-refractivity contribution in [2.75, 3.05) is 6.54 Å². The van der Waals surface area contributed by atoms with Crippen molar-refractivity contribution < 1.29 is 17.6 Å². The molecule has 1 amide bonds. The standard InChI is InChI=1S/C23H24N4O4S/c1-17-26-21-7-2-3-8-22(21)27(17)14-5-13-24-23(28)18-9-11-20(12-10-18)32(29,30)25-16-19-6-4-15-31-19/h2-4,6-12,15,25H,5,13-14,16H2,1H3,(H,24,28). The van der Waals surface area contributed by atoms with Crippen molar-refractivity contribution in [1.29, 1.82) is 0 Å². The number of aromatic nitrogens is 2. The number of fused-ring (bicyclic) bond motifs is 1. The van der Waals surface area contributed by atoms with E-state index in [2.05, 4.69) is 19.6 Å². The molecule has 32 heavy (non-hydrogen) atoms. The summed E-state index contributed by atoms with van der Waals surface area (Å²) in [5.41, 5.74) is 2.44. The quantitative estimate of drug-likeness (QED) is 0.379. The van der Waals surface area contributed by atoms with Crippen LogP contribution in [0.15, 0.2) is 76.2 Å². The third kappa shape index (κ3) is 4.90. The molecule has 166 valence electrons. The van der Waals surface area contributed by atoms with Crippen LogP contribution in [0.25, 0.3) is 11.0 Å². The molecule has 2 aromatic carbocycles. The Labute approximate surface area is 186 Å². The van der Waals surface area contributed by atoms with Gasteiger partial charge in [0.15, 0.2) is 0 Å². The van der Waals surface area contributed by atoms with Crippen LogP contribution in [0.1, 0.15) is 28.4 Å².